The molecular weight excluding hydrogens is 242 g/mol. The molecule has 1 rings (SSSR count). The zero-order valence-electron chi connectivity index (χ0n) is 12.1. The molecule has 0 radical (unpaired) electrons. The molecular formula is C15H23NO3. The van der Waals surface area contributed by atoms with Gasteiger partial charge in [0.05, 0.1) is 6.10 Å². The molecule has 0 amide bonds. The topological polar surface area (TPSA) is 49.8 Å². The second-order valence-corrected chi connectivity index (χ2v) is 5.06. The third kappa shape index (κ3) is 5.30. The maximum Gasteiger partial charge on any atom is 0.320 e. The van der Waals surface area contributed by atoms with Crippen LogP contribution in [0.3, 0.4) is 0 Å². The van der Waals surface area contributed by atoms with E-state index in [0.29, 0.717) is 0 Å². The van der Waals surface area contributed by atoms with Crippen LogP contribution in [-0.2, 0) is 11.2 Å². The van der Waals surface area contributed by atoms with Gasteiger partial charge in [-0.25, -0.2) is 0 Å². The van der Waals surface area contributed by atoms with E-state index in [1.165, 1.54) is 5.56 Å². The largest absolute Gasteiger partial charge is 0.491 e. The van der Waals surface area contributed by atoms with Gasteiger partial charge in [-0.15, -0.1) is 0 Å². The molecule has 0 heterocycles. The second-order valence-electron chi connectivity index (χ2n) is 5.06. The normalized spacial score (nSPS) is 12.7. The number of benzene rings is 1. The minimum Gasteiger partial charge on any atom is -0.491 e. The van der Waals surface area contributed by atoms with Crippen LogP contribution in [0, 0.1) is 0 Å². The predicted octanol–water partition coefficient (Wildman–Crippen LogP) is 2.42. The van der Waals surface area contributed by atoms with Gasteiger partial charge in [-0.3, -0.25) is 9.69 Å². The third-order valence-corrected chi connectivity index (χ3v) is 3.07. The average Bonchev–Trinajstić information content (AvgIpc) is 2.35. The SMILES string of the molecule is CC(C)Oc1ccc(CCN(C)C(C)C(=O)O)cc1. The first kappa shape index (κ1) is 15.5. The van der Waals surface area contributed by atoms with Crippen LogP contribution in [-0.4, -0.2) is 41.7 Å². The van der Waals surface area contributed by atoms with Crippen LogP contribution in [0.5, 0.6) is 5.75 Å². The monoisotopic (exact) mass is 265 g/mol. The molecule has 0 aliphatic heterocycles. The van der Waals surface area contributed by atoms with Gasteiger partial charge in [-0.2, -0.15) is 0 Å². The molecule has 1 aromatic rings. The number of carboxylic acids is 1. The predicted molar refractivity (Wildman–Crippen MR) is 75.6 cm³/mol. The van der Waals surface area contributed by atoms with Gasteiger partial charge in [0.25, 0.3) is 0 Å². The van der Waals surface area contributed by atoms with E-state index in [4.69, 9.17) is 9.84 Å². The van der Waals surface area contributed by atoms with Crippen molar-refractivity contribution < 1.29 is 14.6 Å². The Kier molecular flexibility index (Phi) is 5.83. The van der Waals surface area contributed by atoms with Gasteiger partial charge >= 0.3 is 5.97 Å². The third-order valence-electron chi connectivity index (χ3n) is 3.07. The highest BCUT2D eigenvalue weighted by molar-refractivity contribution is 5.72. The van der Waals surface area contributed by atoms with E-state index in [2.05, 4.69) is 0 Å². The lowest BCUT2D eigenvalue weighted by molar-refractivity contribution is -0.142. The van der Waals surface area contributed by atoms with Crippen LogP contribution in [0.1, 0.15) is 26.3 Å². The fourth-order valence-electron chi connectivity index (χ4n) is 1.69. The molecule has 0 aliphatic rings. The van der Waals surface area contributed by atoms with E-state index >= 15 is 0 Å². The first-order valence-corrected chi connectivity index (χ1v) is 6.58. The molecule has 0 fully saturated rings. The van der Waals surface area contributed by atoms with Crippen molar-refractivity contribution in [1.29, 1.82) is 0 Å². The summed E-state index contributed by atoms with van der Waals surface area (Å²) in [4.78, 5) is 12.7. The number of nitrogens with zero attached hydrogens (tertiary/aromatic N) is 1. The summed E-state index contributed by atoms with van der Waals surface area (Å²) in [7, 11) is 1.83. The highest BCUT2D eigenvalue weighted by atomic mass is 16.5. The highest BCUT2D eigenvalue weighted by Gasteiger charge is 2.15. The van der Waals surface area contributed by atoms with Gasteiger partial charge in [-0.1, -0.05) is 12.1 Å². The van der Waals surface area contributed by atoms with Crippen LogP contribution >= 0.6 is 0 Å². The standard InChI is InChI=1S/C15H23NO3/c1-11(2)19-14-7-5-13(6-8-14)9-10-16(4)12(3)15(17)18/h5-8,11-12H,9-10H2,1-4H3,(H,17,18). The number of hydrogen-bond acceptors (Lipinski definition) is 3. The van der Waals surface area contributed by atoms with Gasteiger partial charge in [0.15, 0.2) is 0 Å². The number of carbonyl (C=O) groups is 1. The second kappa shape index (κ2) is 7.14. The maximum atomic E-state index is 10.8. The number of aliphatic carboxylic acids is 1. The Morgan fingerprint density at radius 1 is 1.26 bits per heavy atom. The number of likely N-dealkylation sites (N-methyl/N-ethyl adjacent to an activating group) is 1. The summed E-state index contributed by atoms with van der Waals surface area (Å²) in [5.74, 6) is 0.0780. The fourth-order valence-corrected chi connectivity index (χ4v) is 1.69. The Hall–Kier alpha value is -1.55. The van der Waals surface area contributed by atoms with Crippen molar-refractivity contribution in [2.75, 3.05) is 13.6 Å². The Balaban J connectivity index is 2.47. The fraction of sp³-hybridized carbons (Fsp3) is 0.533. The van der Waals surface area contributed by atoms with Crippen LogP contribution in [0.2, 0.25) is 0 Å². The minimum atomic E-state index is -0.789. The smallest absolute Gasteiger partial charge is 0.320 e. The molecule has 1 aromatic carbocycles. The Bertz CT molecular complexity index is 400. The van der Waals surface area contributed by atoms with Crippen LogP contribution in [0.25, 0.3) is 0 Å². The van der Waals surface area contributed by atoms with E-state index in [9.17, 15) is 4.79 Å². The zero-order valence-corrected chi connectivity index (χ0v) is 12.1. The Morgan fingerprint density at radius 2 is 1.84 bits per heavy atom. The molecule has 106 valence electrons. The van der Waals surface area contributed by atoms with E-state index in [1.807, 2.05) is 50.1 Å². The van der Waals surface area contributed by atoms with Gasteiger partial charge in [0, 0.05) is 6.54 Å². The summed E-state index contributed by atoms with van der Waals surface area (Å²) in [5.41, 5.74) is 1.18. The van der Waals surface area contributed by atoms with Gasteiger partial charge in [0.2, 0.25) is 0 Å². The summed E-state index contributed by atoms with van der Waals surface area (Å²) < 4.78 is 5.58. The van der Waals surface area contributed by atoms with E-state index < -0.39 is 12.0 Å². The lowest BCUT2D eigenvalue weighted by Gasteiger charge is -2.20. The molecule has 1 atom stereocenters. The highest BCUT2D eigenvalue weighted by Crippen LogP contribution is 2.14. The zero-order chi connectivity index (χ0) is 14.4. The molecule has 0 saturated heterocycles. The number of hydrogen-bond donors (Lipinski definition) is 1. The lowest BCUT2D eigenvalue weighted by Crippen LogP contribution is -2.37. The summed E-state index contributed by atoms with van der Waals surface area (Å²) in [6.07, 6.45) is 1.00. The van der Waals surface area contributed by atoms with Crippen LogP contribution in [0.15, 0.2) is 24.3 Å². The molecule has 4 nitrogen and oxygen atoms in total. The molecule has 0 aromatic heterocycles. The van der Waals surface area contributed by atoms with Crippen molar-refractivity contribution in [1.82, 2.24) is 4.90 Å². The molecule has 1 N–H and O–H groups in total. The van der Waals surface area contributed by atoms with Crippen molar-refractivity contribution >= 4 is 5.97 Å². The summed E-state index contributed by atoms with van der Waals surface area (Å²) in [5, 5.41) is 8.91. The first-order valence-electron chi connectivity index (χ1n) is 6.58. The summed E-state index contributed by atoms with van der Waals surface area (Å²) >= 11 is 0. The van der Waals surface area contributed by atoms with Gasteiger partial charge in [-0.05, 0) is 51.9 Å². The van der Waals surface area contributed by atoms with Crippen molar-refractivity contribution in [2.45, 2.75) is 39.3 Å². The Labute approximate surface area is 115 Å². The molecule has 19 heavy (non-hydrogen) atoms. The number of rotatable bonds is 7. The van der Waals surface area contributed by atoms with Crippen molar-refractivity contribution in [3.8, 4) is 5.75 Å². The van der Waals surface area contributed by atoms with Crippen LogP contribution < -0.4 is 4.74 Å². The molecule has 1 unspecified atom stereocenters. The number of carboxylic acid groups (broad SMARTS) is 1. The van der Waals surface area contributed by atoms with Crippen molar-refractivity contribution in [3.05, 3.63) is 29.8 Å². The van der Waals surface area contributed by atoms with Crippen molar-refractivity contribution in [3.63, 3.8) is 0 Å². The van der Waals surface area contributed by atoms with E-state index in [0.717, 1.165) is 18.7 Å². The molecule has 0 saturated carbocycles. The van der Waals surface area contributed by atoms with Crippen LogP contribution in [0.4, 0.5) is 0 Å². The van der Waals surface area contributed by atoms with E-state index in [1.54, 1.807) is 6.92 Å². The summed E-state index contributed by atoms with van der Waals surface area (Å²) in [6, 6.07) is 7.50. The molecule has 0 aliphatic carbocycles. The average molecular weight is 265 g/mol. The molecule has 4 heteroatoms. The quantitative estimate of drug-likeness (QED) is 0.822. The molecule has 0 spiro atoms. The minimum absolute atomic E-state index is 0.174. The first-order chi connectivity index (χ1) is 8.90. The summed E-state index contributed by atoms with van der Waals surface area (Å²) in [6.45, 7) is 6.41. The van der Waals surface area contributed by atoms with Gasteiger partial charge < -0.3 is 9.84 Å². The van der Waals surface area contributed by atoms with E-state index in [-0.39, 0.29) is 6.10 Å². The number of ether oxygens (including phenoxy) is 1. The molecule has 0 bridgehead atoms. The Morgan fingerprint density at radius 3 is 2.32 bits per heavy atom. The maximum absolute atomic E-state index is 10.8. The van der Waals surface area contributed by atoms with Gasteiger partial charge in [0.1, 0.15) is 11.8 Å². The lowest BCUT2D eigenvalue weighted by atomic mass is 10.1. The van der Waals surface area contributed by atoms with Crippen molar-refractivity contribution in [2.24, 2.45) is 0 Å².